The molecule has 17 heavy (non-hydrogen) atoms. The van der Waals surface area contributed by atoms with E-state index in [-0.39, 0.29) is 18.4 Å². The zero-order chi connectivity index (χ0) is 12.3. The van der Waals surface area contributed by atoms with Gasteiger partial charge in [0, 0.05) is 12.4 Å². The van der Waals surface area contributed by atoms with Crippen LogP contribution in [0.2, 0.25) is 5.02 Å². The number of carbonyl (C=O) groups excluding carboxylic acids is 1. The number of carbonyl (C=O) groups is 1. The molecule has 0 fully saturated rings. The van der Waals surface area contributed by atoms with Crippen LogP contribution in [0, 0.1) is 0 Å². The van der Waals surface area contributed by atoms with Crippen molar-refractivity contribution in [1.82, 2.24) is 15.2 Å². The molecule has 0 saturated heterocycles. The molecule has 2 rings (SSSR count). The van der Waals surface area contributed by atoms with E-state index in [1.54, 1.807) is 13.0 Å². The van der Waals surface area contributed by atoms with E-state index in [1.165, 1.54) is 12.4 Å². The van der Waals surface area contributed by atoms with Crippen LogP contribution in [0.1, 0.15) is 17.6 Å². The summed E-state index contributed by atoms with van der Waals surface area (Å²) in [6.07, 6.45) is 2.99. The lowest BCUT2D eigenvalue weighted by molar-refractivity contribution is 0.0481. The van der Waals surface area contributed by atoms with Crippen molar-refractivity contribution in [3.63, 3.8) is 0 Å². The number of halogens is 1. The molecule has 0 aromatic carbocycles. The monoisotopic (exact) mass is 253 g/mol. The Morgan fingerprint density at radius 3 is 3.06 bits per heavy atom. The van der Waals surface area contributed by atoms with Gasteiger partial charge in [0.1, 0.15) is 0 Å². The third kappa shape index (κ3) is 2.42. The summed E-state index contributed by atoms with van der Waals surface area (Å²) >= 11 is 5.90. The molecule has 2 aromatic rings. The maximum absolute atomic E-state index is 11.3. The van der Waals surface area contributed by atoms with Crippen LogP contribution in [0.15, 0.2) is 22.9 Å². The Morgan fingerprint density at radius 2 is 2.35 bits per heavy atom. The molecule has 0 aliphatic rings. The average Bonchev–Trinajstić information content (AvgIpc) is 2.79. The lowest BCUT2D eigenvalue weighted by Crippen LogP contribution is -2.04. The van der Waals surface area contributed by atoms with Gasteiger partial charge in [-0.1, -0.05) is 11.6 Å². The highest BCUT2D eigenvalue weighted by atomic mass is 35.5. The van der Waals surface area contributed by atoms with Crippen LogP contribution in [0.4, 0.5) is 0 Å². The van der Waals surface area contributed by atoms with Gasteiger partial charge in [0.25, 0.3) is 0 Å². The molecule has 0 aliphatic carbocycles. The van der Waals surface area contributed by atoms with Crippen LogP contribution < -0.4 is 0 Å². The van der Waals surface area contributed by atoms with E-state index >= 15 is 0 Å². The maximum atomic E-state index is 11.3. The van der Waals surface area contributed by atoms with Gasteiger partial charge < -0.3 is 9.15 Å². The smallest absolute Gasteiger partial charge is 0.396 e. The van der Waals surface area contributed by atoms with Crippen LogP contribution in [0.3, 0.4) is 0 Å². The molecule has 0 aliphatic heterocycles. The van der Waals surface area contributed by atoms with E-state index in [4.69, 9.17) is 20.8 Å². The summed E-state index contributed by atoms with van der Waals surface area (Å²) < 4.78 is 9.88. The first-order chi connectivity index (χ1) is 8.22. The van der Waals surface area contributed by atoms with Gasteiger partial charge >= 0.3 is 11.9 Å². The summed E-state index contributed by atoms with van der Waals surface area (Å²) in [5, 5.41) is 7.67. The summed E-state index contributed by atoms with van der Waals surface area (Å²) in [5.41, 5.74) is 0.518. The minimum absolute atomic E-state index is 0.153. The Hall–Kier alpha value is -1.95. The predicted octanol–water partition coefficient (Wildman–Crippen LogP) is 1.96. The molecule has 88 valence electrons. The number of ether oxygens (including phenoxy) is 1. The first kappa shape index (κ1) is 11.5. The second-order valence-corrected chi connectivity index (χ2v) is 3.40. The number of nitrogens with zero attached hydrogens (tertiary/aromatic N) is 3. The summed E-state index contributed by atoms with van der Waals surface area (Å²) in [5.74, 6) is -0.702. The first-order valence-electron chi connectivity index (χ1n) is 4.83. The third-order valence-corrected chi connectivity index (χ3v) is 2.18. The maximum Gasteiger partial charge on any atom is 0.396 e. The Bertz CT molecular complexity index is 541. The van der Waals surface area contributed by atoms with E-state index in [9.17, 15) is 4.79 Å². The van der Waals surface area contributed by atoms with Crippen LogP contribution in [-0.2, 0) is 4.74 Å². The van der Waals surface area contributed by atoms with Gasteiger partial charge in [0.2, 0.25) is 5.89 Å². The molecular formula is C10H8ClN3O3. The number of aromatic nitrogens is 3. The fraction of sp³-hybridized carbons (Fsp3) is 0.200. The summed E-state index contributed by atoms with van der Waals surface area (Å²) in [6.45, 7) is 1.93. The second kappa shape index (κ2) is 4.92. The van der Waals surface area contributed by atoms with E-state index in [2.05, 4.69) is 15.2 Å². The third-order valence-electron chi connectivity index (χ3n) is 1.88. The Morgan fingerprint density at radius 1 is 1.53 bits per heavy atom. The van der Waals surface area contributed by atoms with Crippen molar-refractivity contribution in [3.05, 3.63) is 29.4 Å². The fourth-order valence-electron chi connectivity index (χ4n) is 1.16. The molecule has 6 nitrogen and oxygen atoms in total. The molecule has 0 bridgehead atoms. The lowest BCUT2D eigenvalue weighted by atomic mass is 10.3. The van der Waals surface area contributed by atoms with E-state index < -0.39 is 5.97 Å². The standard InChI is InChI=1S/C10H8ClN3O3/c1-2-16-10(15)9-14-13-8(17-9)6-3-4-12-5-7(6)11/h3-5H,2H2,1H3. The highest BCUT2D eigenvalue weighted by Crippen LogP contribution is 2.25. The van der Waals surface area contributed by atoms with Gasteiger partial charge in [-0.15, -0.1) is 10.2 Å². The molecule has 0 saturated carbocycles. The van der Waals surface area contributed by atoms with Gasteiger partial charge in [-0.25, -0.2) is 4.79 Å². The van der Waals surface area contributed by atoms with Crippen LogP contribution in [0.5, 0.6) is 0 Å². The second-order valence-electron chi connectivity index (χ2n) is 2.99. The minimum Gasteiger partial charge on any atom is -0.459 e. The van der Waals surface area contributed by atoms with Crippen molar-refractivity contribution in [3.8, 4) is 11.5 Å². The predicted molar refractivity (Wildman–Crippen MR) is 58.5 cm³/mol. The first-order valence-corrected chi connectivity index (χ1v) is 5.20. The molecular weight excluding hydrogens is 246 g/mol. The molecule has 0 atom stereocenters. The number of esters is 1. The Kier molecular flexibility index (Phi) is 3.34. The van der Waals surface area contributed by atoms with Gasteiger partial charge in [0.05, 0.1) is 17.2 Å². The minimum atomic E-state index is -0.656. The normalized spacial score (nSPS) is 10.2. The number of rotatable bonds is 3. The van der Waals surface area contributed by atoms with Crippen LogP contribution in [-0.4, -0.2) is 27.8 Å². The average molecular weight is 254 g/mol. The van der Waals surface area contributed by atoms with Gasteiger partial charge in [0.15, 0.2) is 0 Å². The van der Waals surface area contributed by atoms with Crippen molar-refractivity contribution < 1.29 is 13.9 Å². The van der Waals surface area contributed by atoms with Crippen molar-refractivity contribution in [2.45, 2.75) is 6.92 Å². The molecule has 0 unspecified atom stereocenters. The molecule has 0 spiro atoms. The molecule has 0 amide bonds. The van der Waals surface area contributed by atoms with Crippen molar-refractivity contribution in [2.75, 3.05) is 6.61 Å². The van der Waals surface area contributed by atoms with E-state index in [0.29, 0.717) is 10.6 Å². The lowest BCUT2D eigenvalue weighted by Gasteiger charge is -1.96. The summed E-state index contributed by atoms with van der Waals surface area (Å²) in [6, 6.07) is 1.62. The summed E-state index contributed by atoms with van der Waals surface area (Å²) in [4.78, 5) is 15.1. The molecule has 7 heteroatoms. The fourth-order valence-corrected chi connectivity index (χ4v) is 1.36. The van der Waals surface area contributed by atoms with E-state index in [0.717, 1.165) is 0 Å². The Balaban J connectivity index is 2.30. The van der Waals surface area contributed by atoms with Crippen molar-refractivity contribution in [2.24, 2.45) is 0 Å². The topological polar surface area (TPSA) is 78.1 Å². The van der Waals surface area contributed by atoms with Crippen LogP contribution in [0.25, 0.3) is 11.5 Å². The van der Waals surface area contributed by atoms with Gasteiger partial charge in [-0.2, -0.15) is 0 Å². The summed E-state index contributed by atoms with van der Waals surface area (Å²) in [7, 11) is 0. The highest BCUT2D eigenvalue weighted by Gasteiger charge is 2.18. The number of pyridine rings is 1. The number of hydrogen-bond acceptors (Lipinski definition) is 6. The van der Waals surface area contributed by atoms with Crippen molar-refractivity contribution in [1.29, 1.82) is 0 Å². The van der Waals surface area contributed by atoms with E-state index in [1.807, 2.05) is 0 Å². The molecule has 0 radical (unpaired) electrons. The van der Waals surface area contributed by atoms with Gasteiger partial charge in [-0.3, -0.25) is 4.98 Å². The van der Waals surface area contributed by atoms with Gasteiger partial charge in [-0.05, 0) is 13.0 Å². The zero-order valence-electron chi connectivity index (χ0n) is 8.88. The SMILES string of the molecule is CCOC(=O)c1nnc(-c2ccncc2Cl)o1. The largest absolute Gasteiger partial charge is 0.459 e. The quantitative estimate of drug-likeness (QED) is 0.778. The molecule has 0 N–H and O–H groups in total. The molecule has 2 heterocycles. The van der Waals surface area contributed by atoms with Crippen molar-refractivity contribution >= 4 is 17.6 Å². The zero-order valence-corrected chi connectivity index (χ0v) is 9.64. The Labute approximate surface area is 102 Å². The highest BCUT2D eigenvalue weighted by molar-refractivity contribution is 6.32. The molecule has 2 aromatic heterocycles. The van der Waals surface area contributed by atoms with Crippen LogP contribution >= 0.6 is 11.6 Å². The number of hydrogen-bond donors (Lipinski definition) is 0.